The molecule has 2 rings (SSSR count). The first-order valence-corrected chi connectivity index (χ1v) is 6.66. The zero-order chi connectivity index (χ0) is 12.5. The van der Waals surface area contributed by atoms with Crippen molar-refractivity contribution in [3.8, 4) is 5.95 Å². The van der Waals surface area contributed by atoms with E-state index in [1.54, 1.807) is 12.4 Å². The maximum Gasteiger partial charge on any atom is 0.250 e. The topological polar surface area (TPSA) is 104 Å². The quantitative estimate of drug-likeness (QED) is 0.792. The van der Waals surface area contributed by atoms with Crippen LogP contribution in [0.15, 0.2) is 29.7 Å². The molecule has 0 atom stereocenters. The van der Waals surface area contributed by atoms with Gasteiger partial charge in [0.2, 0.25) is 5.95 Å². The molecule has 2 aromatic rings. The fourth-order valence-corrected chi connectivity index (χ4v) is 1.71. The summed E-state index contributed by atoms with van der Waals surface area (Å²) in [6.45, 7) is 0.355. The Hall–Kier alpha value is -1.80. The number of hydrogen-bond donors (Lipinski definition) is 1. The molecular formula is C9H11N5O2S. The van der Waals surface area contributed by atoms with Crippen LogP contribution in [0.3, 0.4) is 0 Å². The molecule has 2 N–H and O–H groups in total. The lowest BCUT2D eigenvalue weighted by atomic mass is 10.3. The first-order chi connectivity index (χ1) is 8.00. The number of rotatable bonds is 3. The van der Waals surface area contributed by atoms with Crippen LogP contribution < -0.4 is 5.73 Å². The largest absolute Gasteiger partial charge is 0.326 e. The van der Waals surface area contributed by atoms with Crippen LogP contribution in [-0.4, -0.2) is 34.4 Å². The highest BCUT2D eigenvalue weighted by atomic mass is 32.2. The zero-order valence-electron chi connectivity index (χ0n) is 9.11. The monoisotopic (exact) mass is 253 g/mol. The molecule has 0 saturated carbocycles. The predicted octanol–water partition coefficient (Wildman–Crippen LogP) is -0.475. The van der Waals surface area contributed by atoms with Gasteiger partial charge in [-0.3, -0.25) is 0 Å². The van der Waals surface area contributed by atoms with E-state index in [2.05, 4.69) is 15.1 Å². The minimum absolute atomic E-state index is 0.129. The van der Waals surface area contributed by atoms with Crippen LogP contribution in [0.2, 0.25) is 0 Å². The van der Waals surface area contributed by atoms with E-state index in [0.717, 1.165) is 11.8 Å². The highest BCUT2D eigenvalue weighted by molar-refractivity contribution is 7.90. The smallest absolute Gasteiger partial charge is 0.250 e. The van der Waals surface area contributed by atoms with Crippen molar-refractivity contribution < 1.29 is 8.42 Å². The van der Waals surface area contributed by atoms with Crippen molar-refractivity contribution in [2.45, 2.75) is 11.4 Å². The Balaban J connectivity index is 2.37. The van der Waals surface area contributed by atoms with E-state index in [1.165, 1.54) is 17.1 Å². The Morgan fingerprint density at radius 2 is 1.94 bits per heavy atom. The van der Waals surface area contributed by atoms with Crippen molar-refractivity contribution in [2.75, 3.05) is 6.26 Å². The Labute approximate surface area is 98.2 Å². The summed E-state index contributed by atoms with van der Waals surface area (Å²) in [4.78, 5) is 8.19. The van der Waals surface area contributed by atoms with Crippen molar-refractivity contribution >= 4 is 9.84 Å². The number of nitrogens with zero attached hydrogens (tertiary/aromatic N) is 4. The Kier molecular flexibility index (Phi) is 2.90. The summed E-state index contributed by atoms with van der Waals surface area (Å²) >= 11 is 0. The summed E-state index contributed by atoms with van der Waals surface area (Å²) in [5.74, 6) is 0.303. The number of hydrogen-bond acceptors (Lipinski definition) is 6. The minimum atomic E-state index is -3.26. The van der Waals surface area contributed by atoms with Gasteiger partial charge < -0.3 is 5.73 Å². The summed E-state index contributed by atoms with van der Waals surface area (Å²) in [6.07, 6.45) is 6.89. The van der Waals surface area contributed by atoms with Crippen molar-refractivity contribution in [1.29, 1.82) is 0 Å². The molecule has 0 unspecified atom stereocenters. The van der Waals surface area contributed by atoms with Crippen LogP contribution in [0.4, 0.5) is 0 Å². The van der Waals surface area contributed by atoms with Crippen LogP contribution in [0.1, 0.15) is 5.56 Å². The Morgan fingerprint density at radius 1 is 1.29 bits per heavy atom. The number of nitrogens with two attached hydrogens (primary N) is 1. The highest BCUT2D eigenvalue weighted by Gasteiger charge is 2.11. The molecule has 0 saturated heterocycles. The molecule has 8 heteroatoms. The minimum Gasteiger partial charge on any atom is -0.326 e. The van der Waals surface area contributed by atoms with Gasteiger partial charge in [0.15, 0.2) is 9.84 Å². The molecule has 2 heterocycles. The van der Waals surface area contributed by atoms with Gasteiger partial charge in [-0.2, -0.15) is 5.10 Å². The van der Waals surface area contributed by atoms with Crippen molar-refractivity contribution in [2.24, 2.45) is 5.73 Å². The molecule has 0 fully saturated rings. The molecule has 7 nitrogen and oxygen atoms in total. The third kappa shape index (κ3) is 2.48. The van der Waals surface area contributed by atoms with Gasteiger partial charge in [-0.1, -0.05) is 0 Å². The lowest BCUT2D eigenvalue weighted by molar-refractivity contribution is 0.602. The van der Waals surface area contributed by atoms with Gasteiger partial charge in [0.25, 0.3) is 0 Å². The molecular weight excluding hydrogens is 242 g/mol. The maximum atomic E-state index is 11.3. The van der Waals surface area contributed by atoms with Crippen LogP contribution in [0.5, 0.6) is 0 Å². The third-order valence-electron chi connectivity index (χ3n) is 2.12. The van der Waals surface area contributed by atoms with Gasteiger partial charge in [-0.25, -0.2) is 23.1 Å². The van der Waals surface area contributed by atoms with Gasteiger partial charge in [0.1, 0.15) is 4.90 Å². The average Bonchev–Trinajstić information content (AvgIpc) is 2.78. The van der Waals surface area contributed by atoms with Gasteiger partial charge >= 0.3 is 0 Å². The first kappa shape index (κ1) is 11.7. The SMILES string of the molecule is CS(=O)(=O)c1cnn(-c2ncc(CN)cn2)c1. The molecule has 2 aromatic heterocycles. The van der Waals surface area contributed by atoms with Crippen LogP contribution in [-0.2, 0) is 16.4 Å². The molecule has 0 aliphatic rings. The van der Waals surface area contributed by atoms with Crippen LogP contribution in [0, 0.1) is 0 Å². The molecule has 0 aromatic carbocycles. The van der Waals surface area contributed by atoms with E-state index in [1.807, 2.05) is 0 Å². The van der Waals surface area contributed by atoms with Gasteiger partial charge in [-0.05, 0) is 0 Å². The highest BCUT2D eigenvalue weighted by Crippen LogP contribution is 2.09. The van der Waals surface area contributed by atoms with Crippen molar-refractivity contribution in [1.82, 2.24) is 19.7 Å². The van der Waals surface area contributed by atoms with E-state index in [9.17, 15) is 8.42 Å². The van der Waals surface area contributed by atoms with Crippen molar-refractivity contribution in [3.63, 3.8) is 0 Å². The lowest BCUT2D eigenvalue weighted by Crippen LogP contribution is -2.04. The lowest BCUT2D eigenvalue weighted by Gasteiger charge is -1.99. The van der Waals surface area contributed by atoms with Crippen molar-refractivity contribution in [3.05, 3.63) is 30.4 Å². The molecule has 0 radical (unpaired) electrons. The summed E-state index contributed by atoms with van der Waals surface area (Å²) in [5, 5.41) is 3.89. The molecule has 0 spiro atoms. The summed E-state index contributed by atoms with van der Waals surface area (Å²) in [7, 11) is -3.26. The van der Waals surface area contributed by atoms with Gasteiger partial charge in [0, 0.05) is 30.8 Å². The Morgan fingerprint density at radius 3 is 2.41 bits per heavy atom. The maximum absolute atomic E-state index is 11.3. The fraction of sp³-hybridized carbons (Fsp3) is 0.222. The third-order valence-corrected chi connectivity index (χ3v) is 3.19. The summed E-state index contributed by atoms with van der Waals surface area (Å²) < 4.78 is 23.8. The Bertz CT molecular complexity index is 617. The van der Waals surface area contributed by atoms with Gasteiger partial charge in [0.05, 0.1) is 12.4 Å². The first-order valence-electron chi connectivity index (χ1n) is 4.77. The number of aromatic nitrogens is 4. The molecule has 0 aliphatic carbocycles. The predicted molar refractivity (Wildman–Crippen MR) is 60.2 cm³/mol. The second-order valence-corrected chi connectivity index (χ2v) is 5.50. The molecule has 17 heavy (non-hydrogen) atoms. The standard InChI is InChI=1S/C9H11N5O2S/c1-17(15,16)8-5-13-14(6-8)9-11-3-7(2-10)4-12-9/h3-6H,2,10H2,1H3. The molecule has 0 bridgehead atoms. The molecule has 0 aliphatic heterocycles. The van der Waals surface area contributed by atoms with E-state index >= 15 is 0 Å². The normalized spacial score (nSPS) is 11.6. The van der Waals surface area contributed by atoms with E-state index in [4.69, 9.17) is 5.73 Å². The summed E-state index contributed by atoms with van der Waals surface area (Å²) in [5.41, 5.74) is 6.21. The summed E-state index contributed by atoms with van der Waals surface area (Å²) in [6, 6.07) is 0. The van der Waals surface area contributed by atoms with Gasteiger partial charge in [-0.15, -0.1) is 0 Å². The molecule has 0 amide bonds. The van der Waals surface area contributed by atoms with E-state index in [-0.39, 0.29) is 4.90 Å². The zero-order valence-corrected chi connectivity index (χ0v) is 9.92. The fourth-order valence-electron chi connectivity index (χ4n) is 1.18. The average molecular weight is 253 g/mol. The van der Waals surface area contributed by atoms with E-state index in [0.29, 0.717) is 12.5 Å². The van der Waals surface area contributed by atoms with Crippen LogP contribution in [0.25, 0.3) is 5.95 Å². The second kappa shape index (κ2) is 4.22. The van der Waals surface area contributed by atoms with Crippen LogP contribution >= 0.6 is 0 Å². The number of sulfone groups is 1. The van der Waals surface area contributed by atoms with E-state index < -0.39 is 9.84 Å². The molecule has 90 valence electrons. The second-order valence-electron chi connectivity index (χ2n) is 3.49.